The molecule has 6 rings (SSSR count). The molecular weight excluding hydrogens is 426 g/mol. The van der Waals surface area contributed by atoms with E-state index < -0.39 is 0 Å². The summed E-state index contributed by atoms with van der Waals surface area (Å²) < 4.78 is 7.09. The van der Waals surface area contributed by atoms with Gasteiger partial charge in [0.1, 0.15) is 5.75 Å². The number of likely N-dealkylation sites (tertiary alicyclic amines) is 2. The molecule has 2 saturated heterocycles. The van der Waals surface area contributed by atoms with Crippen molar-refractivity contribution in [3.63, 3.8) is 0 Å². The molecule has 0 saturated carbocycles. The van der Waals surface area contributed by atoms with E-state index in [4.69, 9.17) is 4.74 Å². The Balaban J connectivity index is 1.08. The number of ether oxygens (including phenoxy) is 1. The molecular formula is C24H21N3O2S2. The van der Waals surface area contributed by atoms with Crippen LogP contribution in [-0.2, 0) is 6.54 Å². The molecule has 156 valence electrons. The van der Waals surface area contributed by atoms with E-state index in [0.717, 1.165) is 46.9 Å². The van der Waals surface area contributed by atoms with E-state index in [0.29, 0.717) is 17.3 Å². The van der Waals surface area contributed by atoms with Crippen LogP contribution in [0.3, 0.4) is 0 Å². The highest BCUT2D eigenvalue weighted by molar-refractivity contribution is 7.20. The maximum Gasteiger partial charge on any atom is 0.279 e. The first-order chi connectivity index (χ1) is 15.2. The number of hydrogen-bond acceptors (Lipinski definition) is 6. The lowest BCUT2D eigenvalue weighted by Crippen LogP contribution is -2.48. The van der Waals surface area contributed by atoms with Crippen molar-refractivity contribution in [3.8, 4) is 10.9 Å². The first-order valence-electron chi connectivity index (χ1n) is 10.4. The molecule has 2 aromatic heterocycles. The predicted molar refractivity (Wildman–Crippen MR) is 124 cm³/mol. The van der Waals surface area contributed by atoms with Gasteiger partial charge >= 0.3 is 0 Å². The lowest BCUT2D eigenvalue weighted by Gasteiger charge is -2.34. The first kappa shape index (κ1) is 19.0. The molecule has 2 unspecified atom stereocenters. The van der Waals surface area contributed by atoms with Crippen molar-refractivity contribution in [2.75, 3.05) is 13.1 Å². The standard InChI is InChI=1S/C24H21N3O2S2/c28-23(22-6-3-11-30-22)27-15-17-12-18(27)14-26(17)13-16-7-9-19(10-8-16)29-24-25-20-4-1-2-5-21(20)31-24/h1-11,17-18H,12-15H2. The lowest BCUT2D eigenvalue weighted by atomic mass is 10.2. The third-order valence-corrected chi connectivity index (χ3v) is 7.91. The van der Waals surface area contributed by atoms with Crippen LogP contribution in [0, 0.1) is 0 Å². The van der Waals surface area contributed by atoms with Crippen LogP contribution >= 0.6 is 22.7 Å². The lowest BCUT2D eigenvalue weighted by molar-refractivity contribution is 0.0621. The number of piperazine rings is 1. The fourth-order valence-corrected chi connectivity index (χ4v) is 6.14. The van der Waals surface area contributed by atoms with Gasteiger partial charge in [-0.2, -0.15) is 0 Å². The number of thiazole rings is 1. The molecule has 2 bridgehead atoms. The molecule has 2 aromatic carbocycles. The Morgan fingerprint density at radius 3 is 2.65 bits per heavy atom. The average molecular weight is 448 g/mol. The van der Waals surface area contributed by atoms with Crippen molar-refractivity contribution < 1.29 is 9.53 Å². The van der Waals surface area contributed by atoms with E-state index in [1.54, 1.807) is 11.3 Å². The Morgan fingerprint density at radius 2 is 1.90 bits per heavy atom. The zero-order chi connectivity index (χ0) is 20.8. The molecule has 4 heterocycles. The van der Waals surface area contributed by atoms with E-state index >= 15 is 0 Å². The van der Waals surface area contributed by atoms with Crippen molar-refractivity contribution in [2.24, 2.45) is 0 Å². The monoisotopic (exact) mass is 447 g/mol. The summed E-state index contributed by atoms with van der Waals surface area (Å²) in [6, 6.07) is 21.0. The van der Waals surface area contributed by atoms with Gasteiger partial charge in [-0.15, -0.1) is 11.3 Å². The Labute approximate surface area is 188 Å². The van der Waals surface area contributed by atoms with Gasteiger partial charge in [0.05, 0.1) is 15.1 Å². The molecule has 5 nitrogen and oxygen atoms in total. The summed E-state index contributed by atoms with van der Waals surface area (Å²) in [5, 5.41) is 2.64. The topological polar surface area (TPSA) is 45.7 Å². The van der Waals surface area contributed by atoms with E-state index in [2.05, 4.69) is 33.0 Å². The summed E-state index contributed by atoms with van der Waals surface area (Å²) in [6.45, 7) is 2.69. The molecule has 4 aromatic rings. The molecule has 0 spiro atoms. The summed E-state index contributed by atoms with van der Waals surface area (Å²) in [5.74, 6) is 0.997. The van der Waals surface area contributed by atoms with Crippen LogP contribution in [0.2, 0.25) is 0 Å². The maximum absolute atomic E-state index is 12.7. The van der Waals surface area contributed by atoms with Crippen LogP contribution in [-0.4, -0.2) is 45.9 Å². The maximum atomic E-state index is 12.7. The molecule has 0 N–H and O–H groups in total. The van der Waals surface area contributed by atoms with E-state index in [1.807, 2.05) is 47.8 Å². The SMILES string of the molecule is O=C(c1cccs1)N1CC2CC1CN2Cc1ccc(Oc2nc3ccccc3s2)cc1. The van der Waals surface area contributed by atoms with Crippen molar-refractivity contribution in [2.45, 2.75) is 25.0 Å². The van der Waals surface area contributed by atoms with Gasteiger partial charge in [0.2, 0.25) is 0 Å². The van der Waals surface area contributed by atoms with Gasteiger partial charge in [0.15, 0.2) is 0 Å². The molecule has 7 heteroatoms. The average Bonchev–Trinajstić information content (AvgIpc) is 3.57. The van der Waals surface area contributed by atoms with Crippen LogP contribution in [0.15, 0.2) is 66.0 Å². The molecule has 2 aliphatic rings. The van der Waals surface area contributed by atoms with Crippen LogP contribution < -0.4 is 4.74 Å². The van der Waals surface area contributed by atoms with E-state index in [1.165, 1.54) is 16.9 Å². The summed E-state index contributed by atoms with van der Waals surface area (Å²) in [6.07, 6.45) is 1.08. The molecule has 0 radical (unpaired) electrons. The van der Waals surface area contributed by atoms with Gasteiger partial charge < -0.3 is 9.64 Å². The summed E-state index contributed by atoms with van der Waals surface area (Å²) in [7, 11) is 0. The molecule has 1 amide bonds. The Kier molecular flexibility index (Phi) is 4.74. The second-order valence-electron chi connectivity index (χ2n) is 8.10. The fraction of sp³-hybridized carbons (Fsp3) is 0.250. The highest BCUT2D eigenvalue weighted by atomic mass is 32.1. The third-order valence-electron chi connectivity index (χ3n) is 6.14. The largest absolute Gasteiger partial charge is 0.431 e. The van der Waals surface area contributed by atoms with Gasteiger partial charge in [-0.05, 0) is 47.7 Å². The number of fused-ring (bicyclic) bond motifs is 3. The fourth-order valence-electron chi connectivity index (χ4n) is 4.63. The van der Waals surface area contributed by atoms with Gasteiger partial charge in [-0.1, -0.05) is 41.7 Å². The minimum atomic E-state index is 0.193. The number of thiophene rings is 1. The normalized spacial score (nSPS) is 20.6. The van der Waals surface area contributed by atoms with Crippen LogP contribution in [0.4, 0.5) is 0 Å². The number of hydrogen-bond donors (Lipinski definition) is 0. The number of carbonyl (C=O) groups is 1. The highest BCUT2D eigenvalue weighted by Gasteiger charge is 2.45. The second kappa shape index (κ2) is 7.75. The number of carbonyl (C=O) groups excluding carboxylic acids is 1. The van der Waals surface area contributed by atoms with E-state index in [9.17, 15) is 4.79 Å². The Morgan fingerprint density at radius 1 is 1.03 bits per heavy atom. The zero-order valence-corrected chi connectivity index (χ0v) is 18.4. The van der Waals surface area contributed by atoms with E-state index in [-0.39, 0.29) is 5.91 Å². The van der Waals surface area contributed by atoms with Crippen molar-refractivity contribution in [1.29, 1.82) is 0 Å². The number of amides is 1. The van der Waals surface area contributed by atoms with Gasteiger partial charge in [0, 0.05) is 31.7 Å². The zero-order valence-electron chi connectivity index (χ0n) is 16.8. The second-order valence-corrected chi connectivity index (χ2v) is 10.0. The number of para-hydroxylation sites is 1. The van der Waals surface area contributed by atoms with Gasteiger partial charge in [-0.3, -0.25) is 9.69 Å². The summed E-state index contributed by atoms with van der Waals surface area (Å²) >= 11 is 3.09. The van der Waals surface area contributed by atoms with Crippen molar-refractivity contribution >= 4 is 38.8 Å². The predicted octanol–water partition coefficient (Wildman–Crippen LogP) is 5.25. The minimum Gasteiger partial charge on any atom is -0.431 e. The van der Waals surface area contributed by atoms with Crippen LogP contribution in [0.25, 0.3) is 10.2 Å². The summed E-state index contributed by atoms with van der Waals surface area (Å²) in [4.78, 5) is 22.7. The van der Waals surface area contributed by atoms with Gasteiger partial charge in [0.25, 0.3) is 11.1 Å². The smallest absolute Gasteiger partial charge is 0.279 e. The minimum absolute atomic E-state index is 0.193. The quantitative estimate of drug-likeness (QED) is 0.419. The highest BCUT2D eigenvalue weighted by Crippen LogP contribution is 2.34. The molecule has 2 fully saturated rings. The first-order valence-corrected chi connectivity index (χ1v) is 12.1. The number of rotatable bonds is 5. The molecule has 2 atom stereocenters. The van der Waals surface area contributed by atoms with Crippen LogP contribution in [0.1, 0.15) is 21.7 Å². The Bertz CT molecular complexity index is 1190. The molecule has 0 aliphatic carbocycles. The Hall–Kier alpha value is -2.74. The third kappa shape index (κ3) is 3.63. The number of aromatic nitrogens is 1. The number of nitrogens with zero attached hydrogens (tertiary/aromatic N) is 3. The summed E-state index contributed by atoms with van der Waals surface area (Å²) in [5.41, 5.74) is 2.23. The van der Waals surface area contributed by atoms with Crippen LogP contribution in [0.5, 0.6) is 10.9 Å². The van der Waals surface area contributed by atoms with Crippen molar-refractivity contribution in [3.05, 3.63) is 76.5 Å². The molecule has 31 heavy (non-hydrogen) atoms. The molecule has 2 aliphatic heterocycles. The van der Waals surface area contributed by atoms with Crippen molar-refractivity contribution in [1.82, 2.24) is 14.8 Å². The van der Waals surface area contributed by atoms with Gasteiger partial charge in [-0.25, -0.2) is 4.98 Å². The number of benzene rings is 2.